The standard InChI is InChI=1S/C12H18N2O2/c1-3-8-13-10(2)9-11-6-4-5-7-12(11)14(15)16/h4-7,10,13H,3,8-9H2,1-2H3. The molecule has 0 aliphatic heterocycles. The van der Waals surface area contributed by atoms with Crippen LogP contribution in [0.5, 0.6) is 0 Å². The third-order valence-electron chi connectivity index (χ3n) is 2.46. The zero-order valence-electron chi connectivity index (χ0n) is 9.77. The second-order valence-corrected chi connectivity index (χ2v) is 3.95. The highest BCUT2D eigenvalue weighted by molar-refractivity contribution is 5.40. The molecule has 0 saturated carbocycles. The van der Waals surface area contributed by atoms with Crippen molar-refractivity contribution in [3.63, 3.8) is 0 Å². The second kappa shape index (κ2) is 6.23. The lowest BCUT2D eigenvalue weighted by atomic mass is 10.1. The van der Waals surface area contributed by atoms with Crippen molar-refractivity contribution in [2.24, 2.45) is 0 Å². The van der Waals surface area contributed by atoms with Crippen LogP contribution in [0, 0.1) is 10.1 Å². The summed E-state index contributed by atoms with van der Waals surface area (Å²) in [5.74, 6) is 0. The van der Waals surface area contributed by atoms with Gasteiger partial charge in [0.15, 0.2) is 0 Å². The first-order valence-corrected chi connectivity index (χ1v) is 5.60. The maximum absolute atomic E-state index is 10.8. The number of hydrogen-bond acceptors (Lipinski definition) is 3. The van der Waals surface area contributed by atoms with E-state index in [1.165, 1.54) is 0 Å². The Labute approximate surface area is 95.8 Å². The SMILES string of the molecule is CCCNC(C)Cc1ccccc1[N+](=O)[O-]. The fourth-order valence-electron chi connectivity index (χ4n) is 1.65. The first-order chi connectivity index (χ1) is 7.65. The van der Waals surface area contributed by atoms with Crippen molar-refractivity contribution >= 4 is 5.69 Å². The number of nitro groups is 1. The van der Waals surface area contributed by atoms with Gasteiger partial charge in [-0.2, -0.15) is 0 Å². The fraction of sp³-hybridized carbons (Fsp3) is 0.500. The van der Waals surface area contributed by atoms with E-state index >= 15 is 0 Å². The Morgan fingerprint density at radius 1 is 1.44 bits per heavy atom. The summed E-state index contributed by atoms with van der Waals surface area (Å²) < 4.78 is 0. The Kier molecular flexibility index (Phi) is 4.92. The van der Waals surface area contributed by atoms with E-state index in [2.05, 4.69) is 12.2 Å². The summed E-state index contributed by atoms with van der Waals surface area (Å²) in [6.45, 7) is 5.10. The minimum atomic E-state index is -0.318. The predicted octanol–water partition coefficient (Wildman–Crippen LogP) is 2.53. The van der Waals surface area contributed by atoms with E-state index in [9.17, 15) is 10.1 Å². The highest BCUT2D eigenvalue weighted by Crippen LogP contribution is 2.18. The van der Waals surface area contributed by atoms with E-state index in [0.717, 1.165) is 18.5 Å². The van der Waals surface area contributed by atoms with Crippen LogP contribution in [-0.4, -0.2) is 17.5 Å². The maximum atomic E-state index is 10.8. The molecule has 1 N–H and O–H groups in total. The van der Waals surface area contributed by atoms with Gasteiger partial charge in [0.1, 0.15) is 0 Å². The first-order valence-electron chi connectivity index (χ1n) is 5.60. The van der Waals surface area contributed by atoms with Crippen LogP contribution in [0.2, 0.25) is 0 Å². The molecule has 16 heavy (non-hydrogen) atoms. The molecule has 0 aliphatic rings. The lowest BCUT2D eigenvalue weighted by molar-refractivity contribution is -0.385. The molecule has 0 bridgehead atoms. The zero-order valence-corrected chi connectivity index (χ0v) is 9.77. The monoisotopic (exact) mass is 222 g/mol. The highest BCUT2D eigenvalue weighted by Gasteiger charge is 2.14. The number of nitrogens with one attached hydrogen (secondary N) is 1. The molecule has 0 heterocycles. The Bertz CT molecular complexity index is 353. The maximum Gasteiger partial charge on any atom is 0.272 e. The van der Waals surface area contributed by atoms with Gasteiger partial charge < -0.3 is 5.32 Å². The molecule has 0 fully saturated rings. The molecule has 0 radical (unpaired) electrons. The quantitative estimate of drug-likeness (QED) is 0.594. The van der Waals surface area contributed by atoms with Crippen LogP contribution >= 0.6 is 0 Å². The fourth-order valence-corrected chi connectivity index (χ4v) is 1.65. The van der Waals surface area contributed by atoms with Gasteiger partial charge in [0.05, 0.1) is 4.92 Å². The van der Waals surface area contributed by atoms with E-state index < -0.39 is 0 Å². The van der Waals surface area contributed by atoms with Crippen molar-refractivity contribution in [2.75, 3.05) is 6.54 Å². The first kappa shape index (κ1) is 12.6. The van der Waals surface area contributed by atoms with Crippen molar-refractivity contribution in [1.29, 1.82) is 0 Å². The average Bonchev–Trinajstić information content (AvgIpc) is 2.27. The van der Waals surface area contributed by atoms with Gasteiger partial charge in [0, 0.05) is 17.7 Å². The molecule has 0 amide bonds. The minimum Gasteiger partial charge on any atom is -0.314 e. The van der Waals surface area contributed by atoms with Gasteiger partial charge in [-0.3, -0.25) is 10.1 Å². The average molecular weight is 222 g/mol. The van der Waals surface area contributed by atoms with Gasteiger partial charge in [-0.15, -0.1) is 0 Å². The van der Waals surface area contributed by atoms with Crippen LogP contribution in [0.15, 0.2) is 24.3 Å². The third-order valence-corrected chi connectivity index (χ3v) is 2.46. The second-order valence-electron chi connectivity index (χ2n) is 3.95. The van der Waals surface area contributed by atoms with Crippen LogP contribution in [0.3, 0.4) is 0 Å². The summed E-state index contributed by atoms with van der Waals surface area (Å²) in [5, 5.41) is 14.1. The summed E-state index contributed by atoms with van der Waals surface area (Å²) in [5.41, 5.74) is 1.01. The molecular formula is C12H18N2O2. The predicted molar refractivity (Wildman–Crippen MR) is 64.6 cm³/mol. The third kappa shape index (κ3) is 3.62. The van der Waals surface area contributed by atoms with Gasteiger partial charge in [-0.25, -0.2) is 0 Å². The molecule has 4 nitrogen and oxygen atoms in total. The van der Waals surface area contributed by atoms with E-state index in [1.54, 1.807) is 12.1 Å². The lowest BCUT2D eigenvalue weighted by Gasteiger charge is -2.12. The smallest absolute Gasteiger partial charge is 0.272 e. The largest absolute Gasteiger partial charge is 0.314 e. The lowest BCUT2D eigenvalue weighted by Crippen LogP contribution is -2.28. The summed E-state index contributed by atoms with van der Waals surface area (Å²) in [4.78, 5) is 10.5. The molecule has 0 aromatic heterocycles. The molecule has 0 spiro atoms. The molecular weight excluding hydrogens is 204 g/mol. The van der Waals surface area contributed by atoms with Crippen molar-refractivity contribution < 1.29 is 4.92 Å². The molecule has 1 aromatic rings. The number of para-hydroxylation sites is 1. The number of nitro benzene ring substituents is 1. The normalized spacial score (nSPS) is 12.4. The summed E-state index contributed by atoms with van der Waals surface area (Å²) >= 11 is 0. The van der Waals surface area contributed by atoms with Gasteiger partial charge >= 0.3 is 0 Å². The van der Waals surface area contributed by atoms with Gasteiger partial charge in [-0.05, 0) is 26.3 Å². The number of rotatable bonds is 6. The number of nitrogens with zero attached hydrogens (tertiary/aromatic N) is 1. The topological polar surface area (TPSA) is 55.2 Å². The summed E-state index contributed by atoms with van der Waals surface area (Å²) in [6, 6.07) is 7.19. The zero-order chi connectivity index (χ0) is 12.0. The van der Waals surface area contributed by atoms with E-state index in [4.69, 9.17) is 0 Å². The van der Waals surface area contributed by atoms with Crippen LogP contribution < -0.4 is 5.32 Å². The van der Waals surface area contributed by atoms with Crippen LogP contribution in [-0.2, 0) is 6.42 Å². The van der Waals surface area contributed by atoms with Crippen molar-refractivity contribution in [2.45, 2.75) is 32.7 Å². The number of benzene rings is 1. The Morgan fingerprint density at radius 2 is 2.12 bits per heavy atom. The van der Waals surface area contributed by atoms with Crippen LogP contribution in [0.1, 0.15) is 25.8 Å². The Hall–Kier alpha value is -1.42. The summed E-state index contributed by atoms with van der Waals surface area (Å²) in [7, 11) is 0. The van der Waals surface area contributed by atoms with Crippen LogP contribution in [0.4, 0.5) is 5.69 Å². The Balaban J connectivity index is 2.69. The van der Waals surface area contributed by atoms with Crippen molar-refractivity contribution in [1.82, 2.24) is 5.32 Å². The molecule has 1 unspecified atom stereocenters. The molecule has 4 heteroatoms. The van der Waals surface area contributed by atoms with Crippen LogP contribution in [0.25, 0.3) is 0 Å². The highest BCUT2D eigenvalue weighted by atomic mass is 16.6. The van der Waals surface area contributed by atoms with Crippen molar-refractivity contribution in [3.05, 3.63) is 39.9 Å². The minimum absolute atomic E-state index is 0.215. The van der Waals surface area contributed by atoms with Gasteiger partial charge in [-0.1, -0.05) is 25.1 Å². The molecule has 88 valence electrons. The summed E-state index contributed by atoms with van der Waals surface area (Å²) in [6.07, 6.45) is 1.76. The molecule has 0 aliphatic carbocycles. The molecule has 1 rings (SSSR count). The van der Waals surface area contributed by atoms with Gasteiger partial charge in [0.25, 0.3) is 5.69 Å². The molecule has 1 atom stereocenters. The van der Waals surface area contributed by atoms with Gasteiger partial charge in [0.2, 0.25) is 0 Å². The molecule has 1 aromatic carbocycles. The Morgan fingerprint density at radius 3 is 2.75 bits per heavy atom. The number of hydrogen-bond donors (Lipinski definition) is 1. The molecule has 0 saturated heterocycles. The van der Waals surface area contributed by atoms with E-state index in [1.807, 2.05) is 19.1 Å². The van der Waals surface area contributed by atoms with E-state index in [0.29, 0.717) is 6.42 Å². The van der Waals surface area contributed by atoms with E-state index in [-0.39, 0.29) is 16.7 Å². The van der Waals surface area contributed by atoms with Crippen molar-refractivity contribution in [3.8, 4) is 0 Å².